The molecule has 1 aliphatic heterocycles. The number of piperidine rings is 1. The van der Waals surface area contributed by atoms with Crippen molar-refractivity contribution in [3.05, 3.63) is 23.8 Å². The van der Waals surface area contributed by atoms with Crippen LogP contribution >= 0.6 is 0 Å². The molecule has 7 nitrogen and oxygen atoms in total. The Labute approximate surface area is 135 Å². The summed E-state index contributed by atoms with van der Waals surface area (Å²) in [6, 6.07) is 5.19. The summed E-state index contributed by atoms with van der Waals surface area (Å²) < 4.78 is 10.6. The average Bonchev–Trinajstić information content (AvgIpc) is 2.59. The van der Waals surface area contributed by atoms with Crippen molar-refractivity contribution < 1.29 is 24.2 Å². The highest BCUT2D eigenvalue weighted by atomic mass is 16.5. The maximum absolute atomic E-state index is 12.2. The maximum atomic E-state index is 12.2. The van der Waals surface area contributed by atoms with Gasteiger partial charge in [0.1, 0.15) is 0 Å². The van der Waals surface area contributed by atoms with Crippen LogP contribution in [0.4, 0.5) is 4.79 Å². The Bertz CT molecular complexity index is 576. The molecule has 23 heavy (non-hydrogen) atoms. The first-order chi connectivity index (χ1) is 11.1. The fourth-order valence-electron chi connectivity index (χ4n) is 2.74. The van der Waals surface area contributed by atoms with Crippen LogP contribution in [0.3, 0.4) is 0 Å². The molecular weight excluding hydrogens is 300 g/mol. The zero-order valence-corrected chi connectivity index (χ0v) is 13.4. The van der Waals surface area contributed by atoms with E-state index in [0.717, 1.165) is 5.56 Å². The smallest absolute Gasteiger partial charge is 0.317 e. The Hall–Kier alpha value is -2.44. The second-order valence-electron chi connectivity index (χ2n) is 5.43. The van der Waals surface area contributed by atoms with Crippen LogP contribution in [-0.2, 0) is 11.3 Å². The number of carboxylic acid groups (broad SMARTS) is 1. The minimum Gasteiger partial charge on any atom is -0.493 e. The largest absolute Gasteiger partial charge is 0.493 e. The normalized spacial score (nSPS) is 17.5. The number of ether oxygens (including phenoxy) is 2. The number of rotatable bonds is 5. The van der Waals surface area contributed by atoms with Crippen LogP contribution < -0.4 is 14.8 Å². The summed E-state index contributed by atoms with van der Waals surface area (Å²) in [5.41, 5.74) is 0.798. The number of amides is 2. The maximum Gasteiger partial charge on any atom is 0.317 e. The second-order valence-corrected chi connectivity index (χ2v) is 5.43. The lowest BCUT2D eigenvalue weighted by molar-refractivity contribution is -0.143. The van der Waals surface area contributed by atoms with E-state index in [1.165, 1.54) is 0 Å². The van der Waals surface area contributed by atoms with Gasteiger partial charge in [-0.25, -0.2) is 4.79 Å². The number of carbonyl (C=O) groups excluding carboxylic acids is 1. The van der Waals surface area contributed by atoms with Gasteiger partial charge in [0, 0.05) is 25.2 Å². The van der Waals surface area contributed by atoms with Gasteiger partial charge in [-0.05, 0) is 18.9 Å². The molecule has 0 spiro atoms. The number of methoxy groups -OCH3 is 2. The summed E-state index contributed by atoms with van der Waals surface area (Å²) in [5.74, 6) is -0.154. The van der Waals surface area contributed by atoms with Crippen molar-refractivity contribution in [3.8, 4) is 11.5 Å². The minimum atomic E-state index is -0.850. The van der Waals surface area contributed by atoms with E-state index in [1.807, 2.05) is 12.1 Å². The van der Waals surface area contributed by atoms with E-state index in [9.17, 15) is 9.59 Å². The van der Waals surface area contributed by atoms with E-state index in [0.29, 0.717) is 30.9 Å². The number of hydrogen-bond acceptors (Lipinski definition) is 4. The quantitative estimate of drug-likeness (QED) is 0.861. The van der Waals surface area contributed by atoms with Crippen molar-refractivity contribution in [1.29, 1.82) is 0 Å². The summed E-state index contributed by atoms with van der Waals surface area (Å²) in [4.78, 5) is 24.9. The molecule has 0 saturated carbocycles. The molecule has 126 valence electrons. The van der Waals surface area contributed by atoms with Crippen LogP contribution in [0.25, 0.3) is 0 Å². The number of para-hydroxylation sites is 1. The van der Waals surface area contributed by atoms with Gasteiger partial charge in [-0.3, -0.25) is 4.79 Å². The molecule has 1 atom stereocenters. The van der Waals surface area contributed by atoms with Crippen molar-refractivity contribution in [2.75, 3.05) is 27.3 Å². The summed E-state index contributed by atoms with van der Waals surface area (Å²) >= 11 is 0. The van der Waals surface area contributed by atoms with E-state index < -0.39 is 11.9 Å². The lowest BCUT2D eigenvalue weighted by atomic mass is 9.99. The molecule has 2 N–H and O–H groups in total. The number of hydrogen-bond donors (Lipinski definition) is 2. The van der Waals surface area contributed by atoms with E-state index in [2.05, 4.69) is 5.32 Å². The zero-order valence-electron chi connectivity index (χ0n) is 13.4. The molecule has 2 rings (SSSR count). The SMILES string of the molecule is COc1cccc(CNC(=O)N2CCCC(C(=O)O)C2)c1OC. The van der Waals surface area contributed by atoms with Crippen molar-refractivity contribution in [2.24, 2.45) is 5.92 Å². The van der Waals surface area contributed by atoms with Gasteiger partial charge in [0.2, 0.25) is 0 Å². The first-order valence-corrected chi connectivity index (χ1v) is 7.52. The van der Waals surface area contributed by atoms with Crippen LogP contribution in [0.1, 0.15) is 18.4 Å². The summed E-state index contributed by atoms with van der Waals surface area (Å²) in [6.45, 7) is 1.11. The van der Waals surface area contributed by atoms with Crippen LogP contribution in [-0.4, -0.2) is 49.3 Å². The lowest BCUT2D eigenvalue weighted by Gasteiger charge is -2.30. The van der Waals surface area contributed by atoms with Gasteiger partial charge in [0.15, 0.2) is 11.5 Å². The van der Waals surface area contributed by atoms with Gasteiger partial charge in [0.05, 0.1) is 20.1 Å². The number of urea groups is 1. The third-order valence-corrected chi connectivity index (χ3v) is 3.97. The summed E-state index contributed by atoms with van der Waals surface area (Å²) in [7, 11) is 3.10. The third kappa shape index (κ3) is 4.06. The first kappa shape index (κ1) is 16.9. The van der Waals surface area contributed by atoms with Gasteiger partial charge < -0.3 is 24.8 Å². The molecule has 0 bridgehead atoms. The van der Waals surface area contributed by atoms with Crippen molar-refractivity contribution in [1.82, 2.24) is 10.2 Å². The molecule has 1 aromatic carbocycles. The van der Waals surface area contributed by atoms with Gasteiger partial charge >= 0.3 is 12.0 Å². The topological polar surface area (TPSA) is 88.1 Å². The van der Waals surface area contributed by atoms with Crippen LogP contribution in [0.15, 0.2) is 18.2 Å². The van der Waals surface area contributed by atoms with Gasteiger partial charge in [-0.1, -0.05) is 12.1 Å². The number of nitrogens with zero attached hydrogens (tertiary/aromatic N) is 1. The molecule has 2 amide bonds. The number of carbonyl (C=O) groups is 2. The average molecular weight is 322 g/mol. The number of nitrogens with one attached hydrogen (secondary N) is 1. The monoisotopic (exact) mass is 322 g/mol. The molecule has 1 unspecified atom stereocenters. The molecule has 1 aliphatic rings. The molecule has 0 aromatic heterocycles. The van der Waals surface area contributed by atoms with Crippen molar-refractivity contribution in [2.45, 2.75) is 19.4 Å². The zero-order chi connectivity index (χ0) is 16.8. The molecule has 1 saturated heterocycles. The standard InChI is InChI=1S/C16H22N2O5/c1-22-13-7-3-5-11(14(13)23-2)9-17-16(21)18-8-4-6-12(10-18)15(19)20/h3,5,7,12H,4,6,8-10H2,1-2H3,(H,17,21)(H,19,20). The van der Waals surface area contributed by atoms with Gasteiger partial charge in [-0.15, -0.1) is 0 Å². The van der Waals surface area contributed by atoms with E-state index in [-0.39, 0.29) is 19.1 Å². The molecule has 7 heteroatoms. The predicted octanol–water partition coefficient (Wildman–Crippen LogP) is 1.71. The van der Waals surface area contributed by atoms with Crippen LogP contribution in [0, 0.1) is 5.92 Å². The van der Waals surface area contributed by atoms with Gasteiger partial charge in [0.25, 0.3) is 0 Å². The fraction of sp³-hybridized carbons (Fsp3) is 0.500. The highest BCUT2D eigenvalue weighted by Crippen LogP contribution is 2.30. The molecule has 1 aromatic rings. The molecule has 0 radical (unpaired) electrons. The van der Waals surface area contributed by atoms with Crippen LogP contribution in [0.5, 0.6) is 11.5 Å². The van der Waals surface area contributed by atoms with Gasteiger partial charge in [-0.2, -0.15) is 0 Å². The third-order valence-electron chi connectivity index (χ3n) is 3.97. The second kappa shape index (κ2) is 7.71. The minimum absolute atomic E-state index is 0.246. The summed E-state index contributed by atoms with van der Waals surface area (Å²) in [5, 5.41) is 11.9. The Morgan fingerprint density at radius 3 is 2.78 bits per heavy atom. The molecule has 1 heterocycles. The molecule has 1 fully saturated rings. The number of benzene rings is 1. The first-order valence-electron chi connectivity index (χ1n) is 7.52. The molecule has 0 aliphatic carbocycles. The number of aliphatic carboxylic acids is 1. The van der Waals surface area contributed by atoms with E-state index >= 15 is 0 Å². The Morgan fingerprint density at radius 1 is 1.35 bits per heavy atom. The Balaban J connectivity index is 1.98. The Kier molecular flexibility index (Phi) is 5.67. The fourth-order valence-corrected chi connectivity index (χ4v) is 2.74. The number of likely N-dealkylation sites (tertiary alicyclic amines) is 1. The lowest BCUT2D eigenvalue weighted by Crippen LogP contribution is -2.46. The van der Waals surface area contributed by atoms with Crippen LogP contribution in [0.2, 0.25) is 0 Å². The predicted molar refractivity (Wildman–Crippen MR) is 83.7 cm³/mol. The number of carboxylic acids is 1. The van der Waals surface area contributed by atoms with E-state index in [1.54, 1.807) is 25.2 Å². The van der Waals surface area contributed by atoms with Crippen molar-refractivity contribution in [3.63, 3.8) is 0 Å². The summed E-state index contributed by atoms with van der Waals surface area (Å²) in [6.07, 6.45) is 1.32. The molecular formula is C16H22N2O5. The Morgan fingerprint density at radius 2 is 2.13 bits per heavy atom. The highest BCUT2D eigenvalue weighted by Gasteiger charge is 2.28. The highest BCUT2D eigenvalue weighted by molar-refractivity contribution is 5.76. The van der Waals surface area contributed by atoms with E-state index in [4.69, 9.17) is 14.6 Å². The van der Waals surface area contributed by atoms with Crippen molar-refractivity contribution >= 4 is 12.0 Å².